The summed E-state index contributed by atoms with van der Waals surface area (Å²) in [5, 5.41) is 19.6. The zero-order valence-corrected chi connectivity index (χ0v) is 11.9. The fraction of sp³-hybridized carbons (Fsp3) is 0.250. The Morgan fingerprint density at radius 2 is 1.80 bits per heavy atom. The van der Waals surface area contributed by atoms with Gasteiger partial charge in [0, 0.05) is 21.8 Å². The van der Waals surface area contributed by atoms with Crippen LogP contribution >= 0.6 is 10.5 Å². The van der Waals surface area contributed by atoms with Gasteiger partial charge in [0.05, 0.1) is 17.7 Å². The van der Waals surface area contributed by atoms with Gasteiger partial charge in [0.15, 0.2) is 0 Å². The smallest absolute Gasteiger partial charge is 0.0801 e. The average Bonchev–Trinajstić information content (AvgIpc) is 2.48. The van der Waals surface area contributed by atoms with Crippen molar-refractivity contribution in [2.75, 3.05) is 19.0 Å². The van der Waals surface area contributed by atoms with Crippen LogP contribution in [0, 0.1) is 4.51 Å². The van der Waals surface area contributed by atoms with Gasteiger partial charge in [-0.3, -0.25) is 0 Å². The average molecular weight is 287 g/mol. The highest BCUT2D eigenvalue weighted by molar-refractivity contribution is 8.09. The minimum absolute atomic E-state index is 0.126. The van der Waals surface area contributed by atoms with E-state index in [1.54, 1.807) is 0 Å². The molecule has 1 aliphatic rings. The van der Waals surface area contributed by atoms with Gasteiger partial charge in [-0.1, -0.05) is 24.3 Å². The number of benzene rings is 2. The van der Waals surface area contributed by atoms with Crippen LogP contribution < -0.4 is 5.36 Å². The molecule has 3 rings (SSSR count). The summed E-state index contributed by atoms with van der Waals surface area (Å²) in [7, 11) is -0.134. The lowest BCUT2D eigenvalue weighted by Gasteiger charge is -2.16. The Bertz CT molecular complexity index is 755. The van der Waals surface area contributed by atoms with E-state index in [2.05, 4.69) is 12.1 Å². The molecule has 1 unspecified atom stereocenters. The maximum absolute atomic E-state index is 9.38. The maximum atomic E-state index is 9.38. The zero-order chi connectivity index (χ0) is 13.9. The Hall–Kier alpha value is -1.49. The molecule has 2 N–H and O–H groups in total. The SMILES string of the molecule is OCCc1cccc2c1=Nc1ccccc1S=2CCO. The van der Waals surface area contributed by atoms with E-state index >= 15 is 0 Å². The molecule has 0 spiro atoms. The molecule has 20 heavy (non-hydrogen) atoms. The first-order valence-corrected chi connectivity index (χ1v) is 8.10. The highest BCUT2D eigenvalue weighted by atomic mass is 32.2. The van der Waals surface area contributed by atoms with Gasteiger partial charge in [0.25, 0.3) is 0 Å². The van der Waals surface area contributed by atoms with E-state index in [1.807, 2.05) is 30.3 Å². The highest BCUT2D eigenvalue weighted by Gasteiger charge is 2.13. The van der Waals surface area contributed by atoms with Crippen molar-refractivity contribution in [1.82, 2.24) is 0 Å². The van der Waals surface area contributed by atoms with Crippen molar-refractivity contribution in [2.45, 2.75) is 11.3 Å². The summed E-state index contributed by atoms with van der Waals surface area (Å²) in [6.07, 6.45) is 0.616. The first-order valence-electron chi connectivity index (χ1n) is 6.70. The second-order valence-corrected chi connectivity index (χ2v) is 6.70. The molecule has 0 saturated heterocycles. The minimum atomic E-state index is -0.134. The van der Waals surface area contributed by atoms with Gasteiger partial charge in [-0.15, -0.1) is 10.5 Å². The summed E-state index contributed by atoms with van der Waals surface area (Å²) in [6.45, 7) is 0.294. The lowest BCUT2D eigenvalue weighted by molar-refractivity contribution is 0.299. The van der Waals surface area contributed by atoms with Gasteiger partial charge in [-0.2, -0.15) is 0 Å². The van der Waals surface area contributed by atoms with Crippen LogP contribution in [0.3, 0.4) is 0 Å². The number of rotatable bonds is 4. The van der Waals surface area contributed by atoms with Crippen molar-refractivity contribution in [3.8, 4) is 0 Å². The lowest BCUT2D eigenvalue weighted by atomic mass is 10.1. The molecule has 0 bridgehead atoms. The normalized spacial score (nSPS) is 16.2. The van der Waals surface area contributed by atoms with Gasteiger partial charge in [-0.25, -0.2) is 4.99 Å². The van der Waals surface area contributed by atoms with E-state index in [-0.39, 0.29) is 23.7 Å². The van der Waals surface area contributed by atoms with Gasteiger partial charge in [-0.05, 0) is 30.2 Å². The fourth-order valence-electron chi connectivity index (χ4n) is 2.52. The molecule has 0 fully saturated rings. The van der Waals surface area contributed by atoms with Crippen molar-refractivity contribution >= 4 is 16.2 Å². The molecule has 1 heterocycles. The predicted octanol–water partition coefficient (Wildman–Crippen LogP) is 2.06. The molecular weight excluding hydrogens is 270 g/mol. The first kappa shape index (κ1) is 13.5. The largest absolute Gasteiger partial charge is 0.396 e. The first-order chi connectivity index (χ1) is 9.85. The predicted molar refractivity (Wildman–Crippen MR) is 81.1 cm³/mol. The Kier molecular flexibility index (Phi) is 3.96. The molecule has 104 valence electrons. The summed E-state index contributed by atoms with van der Waals surface area (Å²) in [4.78, 5) is 5.98. The molecule has 0 aromatic heterocycles. The van der Waals surface area contributed by atoms with Crippen LogP contribution in [0.5, 0.6) is 0 Å². The summed E-state index contributed by atoms with van der Waals surface area (Å²) < 4.78 is 1.18. The second-order valence-electron chi connectivity index (χ2n) is 4.64. The molecule has 1 atom stereocenters. The van der Waals surface area contributed by atoms with Crippen LogP contribution in [0.15, 0.2) is 52.4 Å². The van der Waals surface area contributed by atoms with Gasteiger partial charge in [0.2, 0.25) is 0 Å². The van der Waals surface area contributed by atoms with Crippen LogP contribution in [-0.2, 0) is 6.42 Å². The molecule has 3 nitrogen and oxygen atoms in total. The van der Waals surface area contributed by atoms with Crippen molar-refractivity contribution in [3.05, 3.63) is 57.9 Å². The molecule has 0 amide bonds. The monoisotopic (exact) mass is 287 g/mol. The van der Waals surface area contributed by atoms with Gasteiger partial charge < -0.3 is 10.2 Å². The van der Waals surface area contributed by atoms with Crippen LogP contribution in [-0.4, -0.2) is 29.2 Å². The van der Waals surface area contributed by atoms with E-state index in [4.69, 9.17) is 4.99 Å². The second kappa shape index (κ2) is 5.87. The molecule has 2 aromatic rings. The third-order valence-electron chi connectivity index (χ3n) is 3.39. The van der Waals surface area contributed by atoms with E-state index in [9.17, 15) is 10.2 Å². The number of para-hydroxylation sites is 2. The highest BCUT2D eigenvalue weighted by Crippen LogP contribution is 2.38. The maximum Gasteiger partial charge on any atom is 0.0801 e. The van der Waals surface area contributed by atoms with Crippen molar-refractivity contribution in [2.24, 2.45) is 4.99 Å². The lowest BCUT2D eigenvalue weighted by Crippen LogP contribution is -2.15. The van der Waals surface area contributed by atoms with Gasteiger partial charge >= 0.3 is 0 Å². The Morgan fingerprint density at radius 3 is 2.60 bits per heavy atom. The summed E-state index contributed by atoms with van der Waals surface area (Å²) in [5.41, 5.74) is 2.07. The Balaban J connectivity index is 2.35. The van der Waals surface area contributed by atoms with E-state index in [0.29, 0.717) is 6.42 Å². The molecule has 0 radical (unpaired) electrons. The van der Waals surface area contributed by atoms with Crippen LogP contribution in [0.4, 0.5) is 5.69 Å². The van der Waals surface area contributed by atoms with E-state index in [0.717, 1.165) is 22.4 Å². The van der Waals surface area contributed by atoms with E-state index < -0.39 is 0 Å². The number of hydrogen-bond donors (Lipinski definition) is 2. The number of aliphatic hydroxyl groups is 2. The third-order valence-corrected chi connectivity index (χ3v) is 5.71. The Labute approximate surface area is 120 Å². The molecule has 2 aromatic carbocycles. The van der Waals surface area contributed by atoms with Gasteiger partial charge in [0.1, 0.15) is 0 Å². The van der Waals surface area contributed by atoms with Crippen LogP contribution in [0.1, 0.15) is 5.56 Å². The van der Waals surface area contributed by atoms with Crippen molar-refractivity contribution in [1.29, 1.82) is 0 Å². The molecule has 0 saturated carbocycles. The minimum Gasteiger partial charge on any atom is -0.396 e. The number of aliphatic hydroxyl groups excluding tert-OH is 2. The number of fused-ring (bicyclic) bond motifs is 2. The van der Waals surface area contributed by atoms with Crippen molar-refractivity contribution < 1.29 is 10.2 Å². The molecule has 1 aliphatic heterocycles. The topological polar surface area (TPSA) is 52.8 Å². The fourth-order valence-corrected chi connectivity index (χ4v) is 4.64. The zero-order valence-electron chi connectivity index (χ0n) is 11.1. The van der Waals surface area contributed by atoms with Crippen molar-refractivity contribution in [3.63, 3.8) is 0 Å². The molecule has 0 aliphatic carbocycles. The summed E-state index contributed by atoms with van der Waals surface area (Å²) >= 11 is 0. The number of hydrogen-bond acceptors (Lipinski definition) is 3. The Morgan fingerprint density at radius 1 is 0.950 bits per heavy atom. The van der Waals surface area contributed by atoms with Crippen LogP contribution in [0.2, 0.25) is 0 Å². The molecule has 4 heteroatoms. The van der Waals surface area contributed by atoms with E-state index in [1.165, 1.54) is 9.41 Å². The quantitative estimate of drug-likeness (QED) is 0.846. The number of nitrogens with zero attached hydrogens (tertiary/aromatic N) is 1. The molecular formula is C16H17NO2S. The summed E-state index contributed by atoms with van der Waals surface area (Å²) in [6, 6.07) is 14.3. The summed E-state index contributed by atoms with van der Waals surface area (Å²) in [5.74, 6) is 0.724. The van der Waals surface area contributed by atoms with Crippen LogP contribution in [0.25, 0.3) is 0 Å². The standard InChI is InChI=1S/C16H17NO2S/c18-9-8-12-4-3-7-15-16(12)17-13-5-1-2-6-14(13)20(15)11-10-19/h1-7,18-19H,8-11H2. The third kappa shape index (κ3) is 2.30.